The van der Waals surface area contributed by atoms with E-state index >= 15 is 0 Å². The Balaban J connectivity index is 1.18. The van der Waals surface area contributed by atoms with Gasteiger partial charge in [-0.25, -0.2) is 0 Å². The average molecular weight is 509 g/mol. The molecule has 1 aromatic heterocycles. The summed E-state index contributed by atoms with van der Waals surface area (Å²) in [5.74, 6) is 2.17. The van der Waals surface area contributed by atoms with Crippen molar-refractivity contribution in [2.45, 2.75) is 124 Å². The molecule has 1 heterocycles. The third-order valence-electron chi connectivity index (χ3n) is 10.7. The summed E-state index contributed by atoms with van der Waals surface area (Å²) in [5, 5.41) is 14.0. The highest BCUT2D eigenvalue weighted by Crippen LogP contribution is 2.64. The first kappa shape index (κ1) is 28.3. The number of unbranched alkanes of at least 4 members (excludes halogenated alkanes) is 4. The molecule has 3 aliphatic rings. The van der Waals surface area contributed by atoms with Gasteiger partial charge >= 0.3 is 0 Å². The van der Waals surface area contributed by atoms with Crippen molar-refractivity contribution in [1.29, 1.82) is 0 Å². The van der Waals surface area contributed by atoms with Crippen LogP contribution in [0.4, 0.5) is 0 Å². The van der Waals surface area contributed by atoms with Gasteiger partial charge in [0.05, 0.1) is 6.10 Å². The molecule has 2 saturated carbocycles. The van der Waals surface area contributed by atoms with Crippen LogP contribution >= 0.6 is 0 Å². The number of rotatable bonds is 11. The summed E-state index contributed by atoms with van der Waals surface area (Å²) in [4.78, 5) is 16.9. The van der Waals surface area contributed by atoms with Crippen molar-refractivity contribution in [3.05, 3.63) is 41.2 Å². The van der Waals surface area contributed by atoms with Crippen LogP contribution in [0.5, 0.6) is 0 Å². The minimum absolute atomic E-state index is 0.00754. The van der Waals surface area contributed by atoms with E-state index in [0.717, 1.165) is 38.6 Å². The molecule has 0 radical (unpaired) electrons. The Kier molecular flexibility index (Phi) is 9.53. The van der Waals surface area contributed by atoms with Gasteiger partial charge in [-0.15, -0.1) is 0 Å². The lowest BCUT2D eigenvalue weighted by atomic mass is 9.43. The number of carbonyl (C=O) groups is 1. The van der Waals surface area contributed by atoms with Crippen LogP contribution in [0.25, 0.3) is 0 Å². The number of amides is 1. The summed E-state index contributed by atoms with van der Waals surface area (Å²) < 4.78 is 0. The molecule has 2 fully saturated rings. The molecule has 4 rings (SSSR count). The van der Waals surface area contributed by atoms with Gasteiger partial charge in [-0.05, 0) is 111 Å². The highest BCUT2D eigenvalue weighted by molar-refractivity contribution is 5.76. The van der Waals surface area contributed by atoms with Gasteiger partial charge in [0.15, 0.2) is 0 Å². The molecule has 0 spiro atoms. The minimum Gasteiger partial charge on any atom is -0.393 e. The molecule has 3 aliphatic carbocycles. The molecule has 0 saturated heterocycles. The molecule has 1 aromatic rings. The van der Waals surface area contributed by atoms with E-state index in [4.69, 9.17) is 0 Å². The molecular formula is C33H52N2O2. The lowest BCUT2D eigenvalue weighted by Gasteiger charge is -2.62. The Morgan fingerprint density at radius 1 is 1.05 bits per heavy atom. The predicted octanol–water partition coefficient (Wildman–Crippen LogP) is 7.41. The maximum absolute atomic E-state index is 12.7. The number of carbonyl (C=O) groups excluding carboxylic acids is 1. The Labute approximate surface area is 226 Å². The molecule has 3 unspecified atom stereocenters. The molecule has 0 aliphatic heterocycles. The number of hydrogen-bond acceptors (Lipinski definition) is 3. The van der Waals surface area contributed by atoms with E-state index in [2.05, 4.69) is 44.1 Å². The van der Waals surface area contributed by atoms with Crippen LogP contribution in [0.1, 0.15) is 117 Å². The van der Waals surface area contributed by atoms with Crippen LogP contribution in [0.15, 0.2) is 35.7 Å². The zero-order chi connectivity index (χ0) is 26.5. The predicted molar refractivity (Wildman–Crippen MR) is 152 cm³/mol. The number of allylic oxidation sites excluding steroid dienone is 2. The van der Waals surface area contributed by atoms with Gasteiger partial charge in [0.1, 0.15) is 0 Å². The largest absolute Gasteiger partial charge is 0.393 e. The lowest BCUT2D eigenvalue weighted by molar-refractivity contribution is -0.149. The van der Waals surface area contributed by atoms with Crippen molar-refractivity contribution >= 4 is 5.91 Å². The third kappa shape index (κ3) is 6.49. The number of aromatic nitrogens is 1. The van der Waals surface area contributed by atoms with Crippen LogP contribution < -0.4 is 5.32 Å². The molecule has 2 N–H and O–H groups in total. The smallest absolute Gasteiger partial charge is 0.220 e. The van der Waals surface area contributed by atoms with E-state index in [1.807, 2.05) is 18.5 Å². The fraction of sp³-hybridized carbons (Fsp3) is 0.758. The minimum atomic E-state index is -0.169. The number of hydrogen-bond donors (Lipinski definition) is 2. The van der Waals surface area contributed by atoms with Crippen molar-refractivity contribution in [1.82, 2.24) is 10.3 Å². The van der Waals surface area contributed by atoms with E-state index in [1.54, 1.807) is 11.1 Å². The van der Waals surface area contributed by atoms with Gasteiger partial charge in [-0.2, -0.15) is 0 Å². The van der Waals surface area contributed by atoms with Crippen molar-refractivity contribution in [3.8, 4) is 0 Å². The summed E-state index contributed by atoms with van der Waals surface area (Å²) in [7, 11) is 0. The van der Waals surface area contributed by atoms with Gasteiger partial charge in [0.25, 0.3) is 0 Å². The topological polar surface area (TPSA) is 62.2 Å². The van der Waals surface area contributed by atoms with Crippen LogP contribution in [0.3, 0.4) is 0 Å². The average Bonchev–Trinajstić information content (AvgIpc) is 2.88. The molecular weight excluding hydrogens is 456 g/mol. The third-order valence-corrected chi connectivity index (χ3v) is 10.7. The summed E-state index contributed by atoms with van der Waals surface area (Å²) in [6.45, 7) is 10.3. The van der Waals surface area contributed by atoms with Gasteiger partial charge in [0.2, 0.25) is 5.91 Å². The van der Waals surface area contributed by atoms with E-state index in [9.17, 15) is 9.90 Å². The maximum atomic E-state index is 12.7. The fourth-order valence-corrected chi connectivity index (χ4v) is 8.52. The second-order valence-electron chi connectivity index (χ2n) is 13.3. The van der Waals surface area contributed by atoms with Gasteiger partial charge in [0, 0.05) is 25.4 Å². The van der Waals surface area contributed by atoms with E-state index < -0.39 is 0 Å². The number of aliphatic hydroxyl groups excluding tert-OH is 1. The van der Waals surface area contributed by atoms with E-state index in [-0.39, 0.29) is 17.4 Å². The summed E-state index contributed by atoms with van der Waals surface area (Å²) in [6, 6.07) is 4.16. The van der Waals surface area contributed by atoms with E-state index in [1.165, 1.54) is 56.9 Å². The quantitative estimate of drug-likeness (QED) is 0.242. The van der Waals surface area contributed by atoms with Crippen LogP contribution in [0, 0.1) is 28.6 Å². The Morgan fingerprint density at radius 2 is 1.84 bits per heavy atom. The van der Waals surface area contributed by atoms with Crippen molar-refractivity contribution in [2.75, 3.05) is 6.54 Å². The Hall–Kier alpha value is -1.68. The van der Waals surface area contributed by atoms with Crippen molar-refractivity contribution in [2.24, 2.45) is 28.6 Å². The number of fused-ring (bicyclic) bond motifs is 3. The fourth-order valence-electron chi connectivity index (χ4n) is 8.52. The molecule has 0 bridgehead atoms. The number of pyridine rings is 1. The molecule has 37 heavy (non-hydrogen) atoms. The molecule has 1 amide bonds. The highest BCUT2D eigenvalue weighted by Gasteiger charge is 2.58. The van der Waals surface area contributed by atoms with Crippen LogP contribution in [-0.2, 0) is 11.2 Å². The number of aryl methyl sites for hydroxylation is 1. The summed E-state index contributed by atoms with van der Waals surface area (Å²) in [6.07, 6.45) is 19.3. The Morgan fingerprint density at radius 3 is 2.62 bits per heavy atom. The zero-order valence-corrected chi connectivity index (χ0v) is 24.0. The lowest BCUT2D eigenvalue weighted by Crippen LogP contribution is -2.56. The summed E-state index contributed by atoms with van der Waals surface area (Å²) in [5.41, 5.74) is 4.81. The van der Waals surface area contributed by atoms with Gasteiger partial charge in [-0.3, -0.25) is 9.78 Å². The van der Waals surface area contributed by atoms with Crippen molar-refractivity contribution in [3.63, 3.8) is 0 Å². The summed E-state index contributed by atoms with van der Waals surface area (Å²) >= 11 is 0. The molecule has 4 nitrogen and oxygen atoms in total. The highest BCUT2D eigenvalue weighted by atomic mass is 16.3. The van der Waals surface area contributed by atoms with Crippen molar-refractivity contribution < 1.29 is 9.90 Å². The monoisotopic (exact) mass is 508 g/mol. The van der Waals surface area contributed by atoms with Crippen LogP contribution in [0.2, 0.25) is 0 Å². The molecule has 4 heteroatoms. The normalized spacial score (nSPS) is 30.9. The first-order valence-corrected chi connectivity index (χ1v) is 15.3. The number of nitrogens with zero attached hydrogens (tertiary/aromatic N) is 1. The van der Waals surface area contributed by atoms with Gasteiger partial charge in [-0.1, -0.05) is 57.2 Å². The molecule has 206 valence electrons. The SMILES string of the molecule is CC1=C(CCC(=O)NCCCCCCCc2cccnc2)C2CCC3C(C)(C)[C@@H](O)CC[C@]3(C)C2CC1. The van der Waals surface area contributed by atoms with Crippen LogP contribution in [-0.4, -0.2) is 28.6 Å². The maximum Gasteiger partial charge on any atom is 0.220 e. The second-order valence-corrected chi connectivity index (χ2v) is 13.3. The molecule has 5 atom stereocenters. The zero-order valence-electron chi connectivity index (χ0n) is 24.0. The Bertz CT molecular complexity index is 924. The number of aliphatic hydroxyl groups is 1. The van der Waals surface area contributed by atoms with E-state index in [0.29, 0.717) is 29.6 Å². The second kappa shape index (κ2) is 12.5. The first-order chi connectivity index (χ1) is 17.7. The van der Waals surface area contributed by atoms with Gasteiger partial charge < -0.3 is 10.4 Å². The molecule has 0 aromatic carbocycles. The first-order valence-electron chi connectivity index (χ1n) is 15.3. The number of nitrogens with one attached hydrogen (secondary N) is 1. The standard InChI is InChI=1S/C33H52N2O2/c1-24-13-16-28-27(14-17-29-32(2,3)30(36)19-20-33(28,29)4)26(24)15-18-31(37)35-22-9-7-5-6-8-11-25-12-10-21-34-23-25/h10,12,21,23,27-30,36H,5-9,11,13-20,22H2,1-4H3,(H,35,37)/t27?,28?,29?,30-,33+/m0/s1.